The smallest absolute Gasteiger partial charge is 0.0497 e. The molecule has 1 nitrogen and oxygen atoms in total. The van der Waals surface area contributed by atoms with Crippen LogP contribution < -0.4 is 0 Å². The summed E-state index contributed by atoms with van der Waals surface area (Å²) >= 11 is 0. The average Bonchev–Trinajstić information content (AvgIpc) is 2.26. The summed E-state index contributed by atoms with van der Waals surface area (Å²) in [6.07, 6.45) is 0. The first-order valence-corrected chi connectivity index (χ1v) is 6.52. The van der Waals surface area contributed by atoms with Crippen molar-refractivity contribution in [3.05, 3.63) is 34.9 Å². The van der Waals surface area contributed by atoms with Gasteiger partial charge in [-0.3, -0.25) is 0 Å². The van der Waals surface area contributed by atoms with Crippen molar-refractivity contribution < 1.29 is 5.11 Å². The van der Waals surface area contributed by atoms with E-state index in [1.165, 1.54) is 16.7 Å². The molecule has 0 amide bonds. The van der Waals surface area contributed by atoms with E-state index in [9.17, 15) is 5.11 Å². The lowest BCUT2D eigenvalue weighted by Gasteiger charge is -2.23. The van der Waals surface area contributed by atoms with Crippen LogP contribution in [0.25, 0.3) is 0 Å². The van der Waals surface area contributed by atoms with E-state index >= 15 is 0 Å². The molecule has 0 aliphatic heterocycles. The Morgan fingerprint density at radius 2 is 1.53 bits per heavy atom. The summed E-state index contributed by atoms with van der Waals surface area (Å²) < 4.78 is 0. The Hall–Kier alpha value is -0.820. The van der Waals surface area contributed by atoms with E-state index in [-0.39, 0.29) is 17.9 Å². The molecule has 0 aliphatic rings. The predicted molar refractivity (Wildman–Crippen MR) is 74.7 cm³/mol. The van der Waals surface area contributed by atoms with Gasteiger partial charge >= 0.3 is 0 Å². The molecule has 0 fully saturated rings. The zero-order valence-corrected chi connectivity index (χ0v) is 12.0. The summed E-state index contributed by atoms with van der Waals surface area (Å²) in [5, 5.41) is 9.31. The fraction of sp³-hybridized carbons (Fsp3) is 0.625. The van der Waals surface area contributed by atoms with Crippen molar-refractivity contribution in [1.29, 1.82) is 0 Å². The van der Waals surface area contributed by atoms with Crippen molar-refractivity contribution in [2.75, 3.05) is 6.61 Å². The zero-order valence-electron chi connectivity index (χ0n) is 12.0. The Bertz CT molecular complexity index is 372. The second-order valence-electron chi connectivity index (χ2n) is 6.38. The third-order valence-electron chi connectivity index (χ3n) is 3.35. The lowest BCUT2D eigenvalue weighted by molar-refractivity contribution is 0.273. The molecular weight excluding hydrogens is 208 g/mol. The lowest BCUT2D eigenvalue weighted by Crippen LogP contribution is -2.13. The van der Waals surface area contributed by atoms with Crippen LogP contribution in [0.2, 0.25) is 0 Å². The molecule has 0 aliphatic carbocycles. The first-order valence-electron chi connectivity index (χ1n) is 6.52. The summed E-state index contributed by atoms with van der Waals surface area (Å²) in [4.78, 5) is 0. The molecule has 0 saturated heterocycles. The third kappa shape index (κ3) is 3.57. The molecule has 0 spiro atoms. The highest BCUT2D eigenvalue weighted by Crippen LogP contribution is 2.30. The Morgan fingerprint density at radius 3 is 1.94 bits per heavy atom. The molecule has 0 aromatic heterocycles. The van der Waals surface area contributed by atoms with Gasteiger partial charge in [0.05, 0.1) is 0 Å². The molecule has 96 valence electrons. The van der Waals surface area contributed by atoms with Crippen LogP contribution in [0.3, 0.4) is 0 Å². The summed E-state index contributed by atoms with van der Waals surface area (Å²) in [7, 11) is 0. The van der Waals surface area contributed by atoms with Crippen molar-refractivity contribution in [1.82, 2.24) is 0 Å². The Morgan fingerprint density at radius 1 is 1.00 bits per heavy atom. The molecule has 0 heterocycles. The third-order valence-corrected chi connectivity index (χ3v) is 3.35. The van der Waals surface area contributed by atoms with Crippen LogP contribution in [-0.4, -0.2) is 11.7 Å². The van der Waals surface area contributed by atoms with Crippen LogP contribution in [0.1, 0.15) is 70.1 Å². The van der Waals surface area contributed by atoms with Gasteiger partial charge in [-0.1, -0.05) is 59.7 Å². The Labute approximate surface area is 106 Å². The van der Waals surface area contributed by atoms with E-state index < -0.39 is 0 Å². The van der Waals surface area contributed by atoms with Crippen molar-refractivity contribution in [2.24, 2.45) is 0 Å². The second kappa shape index (κ2) is 5.22. The first-order chi connectivity index (χ1) is 7.75. The predicted octanol–water partition coefficient (Wildman–Crippen LogP) is 4.20. The molecule has 1 aromatic carbocycles. The number of aliphatic hydroxyl groups is 1. The summed E-state index contributed by atoms with van der Waals surface area (Å²) in [6, 6.07) is 6.78. The van der Waals surface area contributed by atoms with Gasteiger partial charge in [0.1, 0.15) is 0 Å². The number of benzene rings is 1. The van der Waals surface area contributed by atoms with Gasteiger partial charge in [0.15, 0.2) is 0 Å². The van der Waals surface area contributed by atoms with Crippen molar-refractivity contribution >= 4 is 0 Å². The minimum Gasteiger partial charge on any atom is -0.396 e. The zero-order chi connectivity index (χ0) is 13.2. The van der Waals surface area contributed by atoms with E-state index in [0.29, 0.717) is 5.92 Å². The van der Waals surface area contributed by atoms with Crippen LogP contribution >= 0.6 is 0 Å². The van der Waals surface area contributed by atoms with Gasteiger partial charge in [0, 0.05) is 12.5 Å². The maximum atomic E-state index is 9.31. The molecule has 1 aromatic rings. The minimum atomic E-state index is 0.162. The van der Waals surface area contributed by atoms with Crippen LogP contribution in [-0.2, 0) is 5.41 Å². The van der Waals surface area contributed by atoms with Crippen LogP contribution in [0.5, 0.6) is 0 Å². The first kappa shape index (κ1) is 14.2. The number of hydrogen-bond donors (Lipinski definition) is 1. The summed E-state index contributed by atoms with van der Waals surface area (Å²) in [5.74, 6) is 0.747. The molecular formula is C16H26O. The van der Waals surface area contributed by atoms with Crippen molar-refractivity contribution in [3.8, 4) is 0 Å². The summed E-state index contributed by atoms with van der Waals surface area (Å²) in [5.41, 5.74) is 4.14. The standard InChI is InChI=1S/C16H26O/c1-11(2)13-7-14(12(3)10-17)9-15(8-13)16(4,5)6/h7-9,11-12,17H,10H2,1-6H3. The molecule has 1 N–H and O–H groups in total. The molecule has 1 atom stereocenters. The van der Waals surface area contributed by atoms with Crippen LogP contribution in [0.15, 0.2) is 18.2 Å². The highest BCUT2D eigenvalue weighted by molar-refractivity contribution is 5.37. The van der Waals surface area contributed by atoms with Gasteiger partial charge in [-0.15, -0.1) is 0 Å². The average molecular weight is 234 g/mol. The van der Waals surface area contributed by atoms with Crippen LogP contribution in [0.4, 0.5) is 0 Å². The second-order valence-corrected chi connectivity index (χ2v) is 6.38. The molecule has 1 rings (SSSR count). The monoisotopic (exact) mass is 234 g/mol. The molecule has 1 unspecified atom stereocenters. The van der Waals surface area contributed by atoms with Gasteiger partial charge in [-0.05, 0) is 28.0 Å². The SMILES string of the molecule is CC(C)c1cc(C(C)CO)cc(C(C)(C)C)c1. The minimum absolute atomic E-state index is 0.162. The van der Waals surface area contributed by atoms with Gasteiger partial charge in [-0.2, -0.15) is 0 Å². The topological polar surface area (TPSA) is 20.2 Å². The van der Waals surface area contributed by atoms with Crippen molar-refractivity contribution in [2.45, 2.75) is 58.8 Å². The Balaban J connectivity index is 3.29. The van der Waals surface area contributed by atoms with E-state index in [1.54, 1.807) is 0 Å². The van der Waals surface area contributed by atoms with Gasteiger partial charge < -0.3 is 5.11 Å². The molecule has 0 radical (unpaired) electrons. The fourth-order valence-electron chi connectivity index (χ4n) is 1.83. The van der Waals surface area contributed by atoms with Gasteiger partial charge in [0.25, 0.3) is 0 Å². The number of rotatable bonds is 3. The van der Waals surface area contributed by atoms with E-state index in [0.717, 1.165) is 0 Å². The molecule has 0 bridgehead atoms. The number of aliphatic hydroxyl groups excluding tert-OH is 1. The largest absolute Gasteiger partial charge is 0.396 e. The van der Waals surface area contributed by atoms with E-state index in [4.69, 9.17) is 0 Å². The van der Waals surface area contributed by atoms with Crippen LogP contribution in [0, 0.1) is 0 Å². The number of hydrogen-bond acceptors (Lipinski definition) is 1. The van der Waals surface area contributed by atoms with Crippen molar-refractivity contribution in [3.63, 3.8) is 0 Å². The lowest BCUT2D eigenvalue weighted by atomic mass is 9.82. The molecule has 0 saturated carbocycles. The highest BCUT2D eigenvalue weighted by Gasteiger charge is 2.17. The quantitative estimate of drug-likeness (QED) is 0.831. The fourth-order valence-corrected chi connectivity index (χ4v) is 1.83. The highest BCUT2D eigenvalue weighted by atomic mass is 16.3. The molecule has 17 heavy (non-hydrogen) atoms. The van der Waals surface area contributed by atoms with Gasteiger partial charge in [-0.25, -0.2) is 0 Å². The maximum Gasteiger partial charge on any atom is 0.0497 e. The normalized spacial score (nSPS) is 14.1. The Kier molecular flexibility index (Phi) is 4.37. The molecule has 1 heteroatoms. The summed E-state index contributed by atoms with van der Waals surface area (Å²) in [6.45, 7) is 13.4. The van der Waals surface area contributed by atoms with Gasteiger partial charge in [0.2, 0.25) is 0 Å². The van der Waals surface area contributed by atoms with E-state index in [1.807, 2.05) is 0 Å². The van der Waals surface area contributed by atoms with E-state index in [2.05, 4.69) is 59.7 Å². The maximum absolute atomic E-state index is 9.31.